The Morgan fingerprint density at radius 3 is 1.39 bits per heavy atom. The predicted molar refractivity (Wildman–Crippen MR) is 187 cm³/mol. The second-order valence-electron chi connectivity index (χ2n) is 14.2. The van der Waals surface area contributed by atoms with E-state index in [2.05, 4.69) is 65.8 Å². The summed E-state index contributed by atoms with van der Waals surface area (Å²) in [7, 11) is 0. The molecule has 5 rings (SSSR count). The molecule has 0 aliphatic heterocycles. The molecule has 2 atom stereocenters. The van der Waals surface area contributed by atoms with E-state index >= 15 is 0 Å². The molecular formula is C38H48O4S2. The molecule has 1 aliphatic carbocycles. The van der Waals surface area contributed by atoms with Crippen LogP contribution in [0.2, 0.25) is 0 Å². The summed E-state index contributed by atoms with van der Waals surface area (Å²) in [6.07, 6.45) is 10.7. The van der Waals surface area contributed by atoms with Crippen LogP contribution in [0.3, 0.4) is 0 Å². The zero-order valence-corrected chi connectivity index (χ0v) is 28.7. The van der Waals surface area contributed by atoms with Crippen LogP contribution in [0.4, 0.5) is 0 Å². The molecule has 2 N–H and O–H groups in total. The molecule has 0 spiro atoms. The van der Waals surface area contributed by atoms with Gasteiger partial charge in [-0.3, -0.25) is 0 Å². The van der Waals surface area contributed by atoms with Gasteiger partial charge in [-0.25, -0.2) is 0 Å². The molecule has 0 amide bonds. The highest BCUT2D eigenvalue weighted by Gasteiger charge is 2.27. The molecule has 6 heteroatoms. The molecule has 44 heavy (non-hydrogen) atoms. The first kappa shape index (κ1) is 32.7. The Bertz CT molecular complexity index is 1390. The average Bonchev–Trinajstić information content (AvgIpc) is 3.68. The molecule has 1 aliphatic rings. The van der Waals surface area contributed by atoms with E-state index in [9.17, 15) is 10.2 Å². The van der Waals surface area contributed by atoms with E-state index in [4.69, 9.17) is 8.83 Å². The molecule has 0 saturated heterocycles. The minimum atomic E-state index is -0.0504. The van der Waals surface area contributed by atoms with Gasteiger partial charge in [0.15, 0.2) is 0 Å². The maximum Gasteiger partial charge on any atom is 0.137 e. The van der Waals surface area contributed by atoms with E-state index in [1.54, 1.807) is 12.5 Å². The third kappa shape index (κ3) is 7.74. The van der Waals surface area contributed by atoms with Gasteiger partial charge in [-0.1, -0.05) is 79.4 Å². The smallest absolute Gasteiger partial charge is 0.137 e. The number of phenols is 2. The van der Waals surface area contributed by atoms with Gasteiger partial charge in [-0.05, 0) is 71.2 Å². The fraction of sp³-hybridized carbons (Fsp3) is 0.474. The maximum absolute atomic E-state index is 11.4. The Morgan fingerprint density at radius 1 is 0.636 bits per heavy atom. The van der Waals surface area contributed by atoms with Gasteiger partial charge >= 0.3 is 0 Å². The summed E-state index contributed by atoms with van der Waals surface area (Å²) in [6, 6.07) is 16.1. The number of rotatable bonds is 8. The maximum atomic E-state index is 11.4. The summed E-state index contributed by atoms with van der Waals surface area (Å²) in [6.45, 7) is 13.3. The molecule has 4 nitrogen and oxygen atoms in total. The first-order valence-electron chi connectivity index (χ1n) is 16.0. The van der Waals surface area contributed by atoms with E-state index in [0.29, 0.717) is 33.5 Å². The van der Waals surface area contributed by atoms with Crippen molar-refractivity contribution in [2.24, 2.45) is 0 Å². The lowest BCUT2D eigenvalue weighted by Crippen LogP contribution is -2.22. The van der Waals surface area contributed by atoms with Crippen LogP contribution in [-0.2, 0) is 22.3 Å². The minimum Gasteiger partial charge on any atom is -0.507 e. The van der Waals surface area contributed by atoms with Gasteiger partial charge in [-0.2, -0.15) is 23.5 Å². The van der Waals surface area contributed by atoms with E-state index in [1.807, 2.05) is 47.8 Å². The van der Waals surface area contributed by atoms with Crippen LogP contribution in [-0.4, -0.2) is 20.7 Å². The SMILES string of the molecule is CC(C)(C)c1cc(CSC2CCCCCC[C@@H]2SCc2cc(C(C)(C)C)cc(-c3ccco3)c2O)c(O)c(-c2ccco2)c1. The second-order valence-corrected chi connectivity index (χ2v) is 16.7. The largest absolute Gasteiger partial charge is 0.507 e. The lowest BCUT2D eigenvalue weighted by molar-refractivity contribution is 0.466. The van der Waals surface area contributed by atoms with E-state index in [-0.39, 0.29) is 10.8 Å². The molecule has 2 heterocycles. The zero-order valence-electron chi connectivity index (χ0n) is 27.1. The molecule has 2 aromatic carbocycles. The molecule has 1 unspecified atom stereocenters. The number of hydrogen-bond acceptors (Lipinski definition) is 6. The number of phenolic OH excluding ortho intramolecular Hbond substituents is 2. The summed E-state index contributed by atoms with van der Waals surface area (Å²) >= 11 is 3.96. The molecular weight excluding hydrogens is 585 g/mol. The highest BCUT2D eigenvalue weighted by Crippen LogP contribution is 2.44. The van der Waals surface area contributed by atoms with E-state index < -0.39 is 0 Å². The number of aromatic hydroxyl groups is 2. The zero-order chi connectivity index (χ0) is 31.5. The predicted octanol–water partition coefficient (Wildman–Crippen LogP) is 11.5. The molecule has 2 aromatic heterocycles. The van der Waals surface area contributed by atoms with E-state index in [0.717, 1.165) is 33.8 Å². The van der Waals surface area contributed by atoms with Gasteiger partial charge in [0.2, 0.25) is 0 Å². The van der Waals surface area contributed by atoms with Gasteiger partial charge in [0, 0.05) is 33.1 Å². The molecule has 4 aromatic rings. The number of furan rings is 2. The van der Waals surface area contributed by atoms with Gasteiger partial charge in [0.25, 0.3) is 0 Å². The number of thioether (sulfide) groups is 2. The van der Waals surface area contributed by atoms with Crippen LogP contribution < -0.4 is 0 Å². The molecule has 0 radical (unpaired) electrons. The molecule has 236 valence electrons. The van der Waals surface area contributed by atoms with Crippen molar-refractivity contribution in [2.45, 2.75) is 113 Å². The van der Waals surface area contributed by atoms with Crippen molar-refractivity contribution in [1.29, 1.82) is 0 Å². The Balaban J connectivity index is 1.39. The Morgan fingerprint density at radius 2 is 1.05 bits per heavy atom. The van der Waals surface area contributed by atoms with Crippen molar-refractivity contribution in [3.8, 4) is 34.1 Å². The topological polar surface area (TPSA) is 66.7 Å². The highest BCUT2D eigenvalue weighted by molar-refractivity contribution is 8.03. The summed E-state index contributed by atoms with van der Waals surface area (Å²) in [5, 5.41) is 23.7. The minimum absolute atomic E-state index is 0.0504. The van der Waals surface area contributed by atoms with Gasteiger partial charge < -0.3 is 19.0 Å². The van der Waals surface area contributed by atoms with Gasteiger partial charge in [0.1, 0.15) is 23.0 Å². The van der Waals surface area contributed by atoms with Crippen LogP contribution in [0, 0.1) is 0 Å². The fourth-order valence-electron chi connectivity index (χ4n) is 5.91. The van der Waals surface area contributed by atoms with Crippen molar-refractivity contribution in [1.82, 2.24) is 0 Å². The summed E-state index contributed by atoms with van der Waals surface area (Å²) in [5.41, 5.74) is 5.77. The quantitative estimate of drug-likeness (QED) is 0.201. The fourth-order valence-corrected chi connectivity index (χ4v) is 8.97. The van der Waals surface area contributed by atoms with Gasteiger partial charge in [-0.15, -0.1) is 0 Å². The first-order chi connectivity index (χ1) is 20.9. The van der Waals surface area contributed by atoms with Crippen LogP contribution in [0.25, 0.3) is 22.6 Å². The van der Waals surface area contributed by atoms with Crippen molar-refractivity contribution in [3.63, 3.8) is 0 Å². The van der Waals surface area contributed by atoms with Crippen molar-refractivity contribution in [2.75, 3.05) is 0 Å². The molecule has 1 saturated carbocycles. The summed E-state index contributed by atoms with van der Waals surface area (Å²) in [4.78, 5) is 0. The normalized spacial score (nSPS) is 18.2. The Kier molecular flexibility index (Phi) is 10.2. The number of benzene rings is 2. The first-order valence-corrected chi connectivity index (χ1v) is 18.1. The highest BCUT2D eigenvalue weighted by atomic mass is 32.2. The summed E-state index contributed by atoms with van der Waals surface area (Å²) in [5.74, 6) is 3.54. The van der Waals surface area contributed by atoms with Crippen molar-refractivity contribution in [3.05, 3.63) is 83.3 Å². The average molecular weight is 633 g/mol. The van der Waals surface area contributed by atoms with Crippen molar-refractivity contribution >= 4 is 23.5 Å². The molecule has 1 fully saturated rings. The Labute approximate surface area is 272 Å². The van der Waals surface area contributed by atoms with Crippen LogP contribution in [0.15, 0.2) is 69.9 Å². The van der Waals surface area contributed by atoms with Gasteiger partial charge in [0.05, 0.1) is 23.7 Å². The lowest BCUT2D eigenvalue weighted by Gasteiger charge is -2.30. The monoisotopic (exact) mass is 632 g/mol. The third-order valence-corrected chi connectivity index (χ3v) is 11.8. The van der Waals surface area contributed by atoms with Crippen LogP contribution in [0.5, 0.6) is 11.5 Å². The molecule has 0 bridgehead atoms. The standard InChI is InChI=1S/C38H48O4S2/c1-37(2,3)27-19-25(35(39)29(21-27)31-13-11-17-41-31)23-43-33-15-9-7-8-10-16-34(33)44-24-26-20-28(38(4,5)6)22-30(36(26)40)32-14-12-18-42-32/h11-14,17-22,33-34,39-40H,7-10,15-16,23-24H2,1-6H3/t33-,34?/m0/s1. The second kappa shape index (κ2) is 13.7. The third-order valence-electron chi connectivity index (χ3n) is 8.73. The number of hydrogen-bond donors (Lipinski definition) is 2. The van der Waals surface area contributed by atoms with E-state index in [1.165, 1.54) is 49.7 Å². The van der Waals surface area contributed by atoms with Crippen LogP contribution >= 0.6 is 23.5 Å². The summed E-state index contributed by atoms with van der Waals surface area (Å²) < 4.78 is 11.4. The lowest BCUT2D eigenvalue weighted by atomic mass is 9.84. The van der Waals surface area contributed by atoms with Crippen molar-refractivity contribution < 1.29 is 19.0 Å². The van der Waals surface area contributed by atoms with Crippen LogP contribution in [0.1, 0.15) is 102 Å². The Hall–Kier alpha value is -2.70.